The van der Waals surface area contributed by atoms with Crippen LogP contribution in [-0.4, -0.2) is 31.1 Å². The number of hydrogen-bond donors (Lipinski definition) is 0. The Morgan fingerprint density at radius 1 is 1.15 bits per heavy atom. The lowest BCUT2D eigenvalue weighted by atomic mass is 9.98. The van der Waals surface area contributed by atoms with Crippen molar-refractivity contribution in [3.63, 3.8) is 0 Å². The normalized spacial score (nSPS) is 16.2. The molecular weight excluding hydrogens is 438 g/mol. The second-order valence-corrected chi connectivity index (χ2v) is 8.73. The van der Waals surface area contributed by atoms with Crippen LogP contribution in [0, 0.1) is 6.92 Å². The topological polar surface area (TPSA) is 48.0 Å². The summed E-state index contributed by atoms with van der Waals surface area (Å²) in [6.07, 6.45) is 2.64. The number of allylic oxidation sites excluding steroid dienone is 1. The van der Waals surface area contributed by atoms with Crippen LogP contribution in [0.4, 0.5) is 0 Å². The fraction of sp³-hybridized carbons (Fsp3) is 0.222. The summed E-state index contributed by atoms with van der Waals surface area (Å²) >= 11 is 5.99. The molecule has 2 aliphatic heterocycles. The van der Waals surface area contributed by atoms with Crippen molar-refractivity contribution in [2.45, 2.75) is 19.9 Å². The summed E-state index contributed by atoms with van der Waals surface area (Å²) in [7, 11) is 1.62. The summed E-state index contributed by atoms with van der Waals surface area (Å²) in [5.74, 6) is 2.33. The zero-order valence-electron chi connectivity index (χ0n) is 18.6. The fourth-order valence-corrected chi connectivity index (χ4v) is 4.37. The molecule has 0 amide bonds. The number of ketones is 1. The van der Waals surface area contributed by atoms with Gasteiger partial charge in [-0.05, 0) is 66.4 Å². The molecule has 2 heterocycles. The van der Waals surface area contributed by atoms with E-state index in [1.165, 1.54) is 5.56 Å². The number of carbonyl (C=O) groups excluding carboxylic acids is 1. The highest BCUT2D eigenvalue weighted by Crippen LogP contribution is 2.44. The number of nitrogens with zero attached hydrogens (tertiary/aromatic N) is 1. The predicted molar refractivity (Wildman–Crippen MR) is 128 cm³/mol. The Hall–Kier alpha value is -3.28. The molecule has 0 bridgehead atoms. The lowest BCUT2D eigenvalue weighted by Crippen LogP contribution is -2.33. The first-order chi connectivity index (χ1) is 16.0. The fourth-order valence-electron chi connectivity index (χ4n) is 4.24. The van der Waals surface area contributed by atoms with Crippen LogP contribution in [0.15, 0.2) is 60.4 Å². The maximum absolute atomic E-state index is 13.2. The van der Waals surface area contributed by atoms with E-state index in [0.717, 1.165) is 46.2 Å². The largest absolute Gasteiger partial charge is 0.497 e. The number of benzene rings is 3. The Labute approximate surface area is 198 Å². The number of fused-ring (bicyclic) bond motifs is 3. The van der Waals surface area contributed by atoms with Crippen molar-refractivity contribution in [2.24, 2.45) is 0 Å². The van der Waals surface area contributed by atoms with Crippen LogP contribution < -0.4 is 14.2 Å². The Morgan fingerprint density at radius 3 is 2.76 bits per heavy atom. The highest BCUT2D eigenvalue weighted by atomic mass is 35.5. The Balaban J connectivity index is 1.39. The van der Waals surface area contributed by atoms with Gasteiger partial charge in [-0.2, -0.15) is 0 Å². The van der Waals surface area contributed by atoms with Crippen LogP contribution >= 0.6 is 11.6 Å². The first kappa shape index (κ1) is 21.6. The third kappa shape index (κ3) is 4.34. The first-order valence-electron chi connectivity index (χ1n) is 10.9. The van der Waals surface area contributed by atoms with Crippen molar-refractivity contribution in [1.82, 2.24) is 4.90 Å². The molecule has 5 rings (SSSR count). The quantitative estimate of drug-likeness (QED) is 0.458. The minimum absolute atomic E-state index is 0.105. The SMILES string of the molecule is COc1cccc(/C=C2/Oc3c4c(cc(C)c3C2=O)OCN(CCc2ccc(Cl)cc2)C4)c1. The van der Waals surface area contributed by atoms with E-state index < -0.39 is 0 Å². The van der Waals surface area contributed by atoms with Crippen molar-refractivity contribution in [1.29, 1.82) is 0 Å². The number of ether oxygens (including phenoxy) is 3. The summed E-state index contributed by atoms with van der Waals surface area (Å²) in [5, 5.41) is 0.736. The molecule has 3 aromatic carbocycles. The highest BCUT2D eigenvalue weighted by Gasteiger charge is 2.35. The average Bonchev–Trinajstić information content (AvgIpc) is 3.16. The van der Waals surface area contributed by atoms with E-state index in [-0.39, 0.29) is 5.78 Å². The third-order valence-electron chi connectivity index (χ3n) is 6.01. The molecule has 0 unspecified atom stereocenters. The molecule has 0 atom stereocenters. The first-order valence-corrected chi connectivity index (χ1v) is 11.2. The molecule has 6 heteroatoms. The number of hydrogen-bond acceptors (Lipinski definition) is 5. The predicted octanol–water partition coefficient (Wildman–Crippen LogP) is 5.67. The molecule has 0 radical (unpaired) electrons. The average molecular weight is 462 g/mol. The van der Waals surface area contributed by atoms with Crippen molar-refractivity contribution in [3.8, 4) is 17.2 Å². The van der Waals surface area contributed by atoms with Crippen molar-refractivity contribution in [3.05, 3.63) is 93.2 Å². The van der Waals surface area contributed by atoms with Gasteiger partial charge in [0.1, 0.15) is 24.0 Å². The molecule has 0 aliphatic carbocycles. The van der Waals surface area contributed by atoms with Gasteiger partial charge < -0.3 is 14.2 Å². The zero-order chi connectivity index (χ0) is 22.9. The monoisotopic (exact) mass is 461 g/mol. The summed E-state index contributed by atoms with van der Waals surface area (Å²) in [4.78, 5) is 15.4. The van der Waals surface area contributed by atoms with Gasteiger partial charge >= 0.3 is 0 Å². The molecular formula is C27H24ClNO4. The zero-order valence-corrected chi connectivity index (χ0v) is 19.3. The van der Waals surface area contributed by atoms with E-state index in [2.05, 4.69) is 4.90 Å². The minimum atomic E-state index is -0.105. The summed E-state index contributed by atoms with van der Waals surface area (Å²) in [5.41, 5.74) is 4.45. The maximum atomic E-state index is 13.2. The van der Waals surface area contributed by atoms with Crippen LogP contribution in [0.5, 0.6) is 17.2 Å². The molecule has 0 saturated carbocycles. The summed E-state index contributed by atoms with van der Waals surface area (Å²) in [6, 6.07) is 17.4. The summed E-state index contributed by atoms with van der Waals surface area (Å²) < 4.78 is 17.5. The Bertz CT molecular complexity index is 1250. The number of methoxy groups -OCH3 is 1. The van der Waals surface area contributed by atoms with Crippen LogP contribution in [0.1, 0.15) is 32.6 Å². The molecule has 33 heavy (non-hydrogen) atoms. The van der Waals surface area contributed by atoms with E-state index in [4.69, 9.17) is 25.8 Å². The van der Waals surface area contributed by atoms with E-state index in [0.29, 0.717) is 30.3 Å². The number of Topliss-reactive ketones (excluding diaryl/α,β-unsaturated/α-hetero) is 1. The molecule has 0 N–H and O–H groups in total. The lowest BCUT2D eigenvalue weighted by molar-refractivity contribution is 0.0949. The van der Waals surface area contributed by atoms with Crippen molar-refractivity contribution in [2.75, 3.05) is 20.4 Å². The standard InChI is InChI=1S/C27H24ClNO4/c1-17-12-23-22(15-29(16-32-23)11-10-18-6-8-20(28)9-7-18)27-25(17)26(30)24(33-27)14-19-4-3-5-21(13-19)31-2/h3-9,12-14H,10-11,15-16H2,1-2H3/b24-14+. The van der Waals surface area contributed by atoms with E-state index in [1.54, 1.807) is 13.2 Å². The highest BCUT2D eigenvalue weighted by molar-refractivity contribution is 6.30. The molecule has 2 aliphatic rings. The van der Waals surface area contributed by atoms with Gasteiger partial charge in [0.05, 0.1) is 18.2 Å². The van der Waals surface area contributed by atoms with Gasteiger partial charge in [-0.25, -0.2) is 0 Å². The van der Waals surface area contributed by atoms with E-state index in [1.807, 2.05) is 61.5 Å². The second-order valence-electron chi connectivity index (χ2n) is 8.29. The number of aryl methyl sites for hydroxylation is 1. The molecule has 0 fully saturated rings. The minimum Gasteiger partial charge on any atom is -0.497 e. The number of halogens is 1. The van der Waals surface area contributed by atoms with Gasteiger partial charge in [0.25, 0.3) is 0 Å². The van der Waals surface area contributed by atoms with Gasteiger partial charge in [0.2, 0.25) is 5.78 Å². The lowest BCUT2D eigenvalue weighted by Gasteiger charge is -2.30. The van der Waals surface area contributed by atoms with Crippen LogP contribution in [-0.2, 0) is 13.0 Å². The van der Waals surface area contributed by atoms with Crippen LogP contribution in [0.25, 0.3) is 6.08 Å². The van der Waals surface area contributed by atoms with Crippen LogP contribution in [0.2, 0.25) is 5.02 Å². The number of rotatable bonds is 5. The molecule has 168 valence electrons. The summed E-state index contributed by atoms with van der Waals surface area (Å²) in [6.45, 7) is 3.90. The number of carbonyl (C=O) groups is 1. The molecule has 5 nitrogen and oxygen atoms in total. The van der Waals surface area contributed by atoms with Gasteiger partial charge in [0, 0.05) is 18.1 Å². The van der Waals surface area contributed by atoms with Gasteiger partial charge in [-0.15, -0.1) is 0 Å². The Kier molecular flexibility index (Phi) is 5.83. The van der Waals surface area contributed by atoms with E-state index >= 15 is 0 Å². The van der Waals surface area contributed by atoms with Crippen LogP contribution in [0.3, 0.4) is 0 Å². The van der Waals surface area contributed by atoms with Gasteiger partial charge in [-0.3, -0.25) is 9.69 Å². The molecule has 0 aromatic heterocycles. The van der Waals surface area contributed by atoms with Crippen molar-refractivity contribution >= 4 is 23.5 Å². The van der Waals surface area contributed by atoms with Gasteiger partial charge in [0.15, 0.2) is 5.76 Å². The maximum Gasteiger partial charge on any atom is 0.232 e. The second kappa shape index (κ2) is 8.93. The Morgan fingerprint density at radius 2 is 1.97 bits per heavy atom. The molecule has 3 aromatic rings. The smallest absolute Gasteiger partial charge is 0.232 e. The third-order valence-corrected chi connectivity index (χ3v) is 6.26. The van der Waals surface area contributed by atoms with Crippen molar-refractivity contribution < 1.29 is 19.0 Å². The van der Waals surface area contributed by atoms with Gasteiger partial charge in [-0.1, -0.05) is 35.9 Å². The van der Waals surface area contributed by atoms with E-state index in [9.17, 15) is 4.79 Å². The molecule has 0 spiro atoms. The molecule has 0 saturated heterocycles.